The number of piperazine rings is 1. The van der Waals surface area contributed by atoms with Gasteiger partial charge in [0.1, 0.15) is 0 Å². The molecule has 1 unspecified atom stereocenters. The normalized spacial score (nSPS) is 16.1. The summed E-state index contributed by atoms with van der Waals surface area (Å²) in [6, 6.07) is 16.2. The Kier molecular flexibility index (Phi) is 7.69. The second-order valence-corrected chi connectivity index (χ2v) is 10.3. The molecule has 2 aromatic rings. The van der Waals surface area contributed by atoms with E-state index in [0.29, 0.717) is 31.1 Å². The van der Waals surface area contributed by atoms with E-state index >= 15 is 0 Å². The van der Waals surface area contributed by atoms with Crippen molar-refractivity contribution >= 4 is 21.8 Å². The molecule has 0 saturated carbocycles. The predicted molar refractivity (Wildman–Crippen MR) is 124 cm³/mol. The first kappa shape index (κ1) is 23.9. The highest BCUT2D eigenvalue weighted by Crippen LogP contribution is 2.24. The van der Waals surface area contributed by atoms with Crippen LogP contribution in [0.25, 0.3) is 0 Å². The maximum atomic E-state index is 13.1. The molecule has 0 radical (unpaired) electrons. The Balaban J connectivity index is 1.70. The molecule has 1 aliphatic rings. The highest BCUT2D eigenvalue weighted by Gasteiger charge is 2.29. The molecule has 172 valence electrons. The minimum Gasteiger partial charge on any atom is -0.351 e. The first-order chi connectivity index (χ1) is 15.2. The van der Waals surface area contributed by atoms with E-state index in [-0.39, 0.29) is 35.7 Å². The predicted octanol–water partition coefficient (Wildman–Crippen LogP) is 2.71. The number of rotatable bonds is 7. The quantitative estimate of drug-likeness (QED) is 0.693. The van der Waals surface area contributed by atoms with Crippen LogP contribution < -0.4 is 5.32 Å². The van der Waals surface area contributed by atoms with E-state index in [1.165, 1.54) is 23.4 Å². The molecule has 7 nitrogen and oxygen atoms in total. The van der Waals surface area contributed by atoms with E-state index < -0.39 is 10.0 Å². The molecule has 1 heterocycles. The van der Waals surface area contributed by atoms with Crippen molar-refractivity contribution in [1.29, 1.82) is 0 Å². The first-order valence-corrected chi connectivity index (χ1v) is 12.3. The van der Waals surface area contributed by atoms with Crippen LogP contribution in [0, 0.1) is 5.92 Å². The Bertz CT molecular complexity index is 1050. The molecule has 0 aromatic heterocycles. The number of hydrogen-bond acceptors (Lipinski definition) is 4. The summed E-state index contributed by atoms with van der Waals surface area (Å²) in [6.45, 7) is 7.39. The zero-order chi connectivity index (χ0) is 23.3. The topological polar surface area (TPSA) is 86.8 Å². The lowest BCUT2D eigenvalue weighted by Gasteiger charge is -2.33. The molecule has 2 amide bonds. The fourth-order valence-corrected chi connectivity index (χ4v) is 5.40. The second kappa shape index (κ2) is 10.3. The van der Waals surface area contributed by atoms with Crippen molar-refractivity contribution in [3.8, 4) is 0 Å². The molecule has 1 N–H and O–H groups in total. The summed E-state index contributed by atoms with van der Waals surface area (Å²) in [5.41, 5.74) is 1.47. The van der Waals surface area contributed by atoms with Crippen LogP contribution in [0.4, 0.5) is 0 Å². The van der Waals surface area contributed by atoms with E-state index in [4.69, 9.17) is 0 Å². The van der Waals surface area contributed by atoms with Crippen molar-refractivity contribution in [2.45, 2.75) is 31.6 Å². The largest absolute Gasteiger partial charge is 0.351 e. The maximum absolute atomic E-state index is 13.1. The summed E-state index contributed by atoms with van der Waals surface area (Å²) >= 11 is 0. The van der Waals surface area contributed by atoms with Crippen LogP contribution in [0.3, 0.4) is 0 Å². The van der Waals surface area contributed by atoms with Gasteiger partial charge in [-0.25, -0.2) is 8.42 Å². The minimum atomic E-state index is -3.74. The molecule has 3 rings (SSSR count). The molecule has 32 heavy (non-hydrogen) atoms. The van der Waals surface area contributed by atoms with Gasteiger partial charge in [0, 0.05) is 51.1 Å². The van der Waals surface area contributed by atoms with Crippen LogP contribution in [0.2, 0.25) is 0 Å². The summed E-state index contributed by atoms with van der Waals surface area (Å²) in [7, 11) is -3.74. The monoisotopic (exact) mass is 457 g/mol. The summed E-state index contributed by atoms with van der Waals surface area (Å²) < 4.78 is 27.5. The number of sulfonamides is 1. The molecular formula is C24H31N3O4S. The second-order valence-electron chi connectivity index (χ2n) is 8.41. The number of nitrogens with zero attached hydrogens (tertiary/aromatic N) is 2. The number of hydrogen-bond donors (Lipinski definition) is 1. The smallest absolute Gasteiger partial charge is 0.251 e. The van der Waals surface area contributed by atoms with Gasteiger partial charge in [-0.1, -0.05) is 50.2 Å². The van der Waals surface area contributed by atoms with Gasteiger partial charge < -0.3 is 10.2 Å². The van der Waals surface area contributed by atoms with Crippen molar-refractivity contribution in [2.24, 2.45) is 5.92 Å². The molecular weight excluding hydrogens is 426 g/mol. The van der Waals surface area contributed by atoms with Crippen molar-refractivity contribution in [1.82, 2.24) is 14.5 Å². The average Bonchev–Trinajstić information content (AvgIpc) is 2.79. The molecule has 0 spiro atoms. The van der Waals surface area contributed by atoms with Crippen molar-refractivity contribution in [3.63, 3.8) is 0 Å². The van der Waals surface area contributed by atoms with Crippen molar-refractivity contribution in [2.75, 3.05) is 32.7 Å². The standard InChI is InChI=1S/C24H31N3O4S/c1-18(2)23(20-8-5-4-6-9-20)17-25-24(29)21-10-7-11-22(16-21)32(30,31)27-14-12-26(13-15-27)19(3)28/h4-11,16,18,23H,12-15,17H2,1-3H3,(H,25,29). The number of carbonyl (C=O) groups excluding carboxylic acids is 2. The van der Waals surface area contributed by atoms with Crippen LogP contribution >= 0.6 is 0 Å². The molecule has 2 aromatic carbocycles. The average molecular weight is 458 g/mol. The van der Waals surface area contributed by atoms with Gasteiger partial charge in [0.15, 0.2) is 0 Å². The van der Waals surface area contributed by atoms with E-state index in [2.05, 4.69) is 31.3 Å². The van der Waals surface area contributed by atoms with E-state index in [1.807, 2.05) is 18.2 Å². The fourth-order valence-electron chi connectivity index (χ4n) is 3.93. The van der Waals surface area contributed by atoms with Crippen molar-refractivity contribution < 1.29 is 18.0 Å². The van der Waals surface area contributed by atoms with Gasteiger partial charge in [-0.05, 0) is 29.7 Å². The van der Waals surface area contributed by atoms with Gasteiger partial charge in [0.05, 0.1) is 4.90 Å². The van der Waals surface area contributed by atoms with Gasteiger partial charge in [0.2, 0.25) is 15.9 Å². The van der Waals surface area contributed by atoms with E-state index in [0.717, 1.165) is 5.56 Å². The van der Waals surface area contributed by atoms with Crippen molar-refractivity contribution in [3.05, 3.63) is 65.7 Å². The van der Waals surface area contributed by atoms with E-state index in [1.54, 1.807) is 17.0 Å². The van der Waals surface area contributed by atoms with Crippen LogP contribution in [-0.2, 0) is 14.8 Å². The summed E-state index contributed by atoms with van der Waals surface area (Å²) in [5, 5.41) is 2.96. The van der Waals surface area contributed by atoms with E-state index in [9.17, 15) is 18.0 Å². The molecule has 1 atom stereocenters. The van der Waals surface area contributed by atoms with Crippen LogP contribution in [0.1, 0.15) is 42.6 Å². The Morgan fingerprint density at radius 3 is 2.22 bits per heavy atom. The van der Waals surface area contributed by atoms with Gasteiger partial charge in [0.25, 0.3) is 5.91 Å². The van der Waals surface area contributed by atoms with Crippen LogP contribution in [-0.4, -0.2) is 62.2 Å². The Morgan fingerprint density at radius 1 is 0.969 bits per heavy atom. The number of nitrogens with one attached hydrogen (secondary N) is 1. The molecule has 1 saturated heterocycles. The number of benzene rings is 2. The number of amides is 2. The fraction of sp³-hybridized carbons (Fsp3) is 0.417. The van der Waals surface area contributed by atoms with Gasteiger partial charge in [-0.15, -0.1) is 0 Å². The minimum absolute atomic E-state index is 0.0593. The van der Waals surface area contributed by atoms with Crippen LogP contribution in [0.5, 0.6) is 0 Å². The lowest BCUT2D eigenvalue weighted by molar-refractivity contribution is -0.129. The Hall–Kier alpha value is -2.71. The van der Waals surface area contributed by atoms with Gasteiger partial charge in [-0.3, -0.25) is 9.59 Å². The molecule has 8 heteroatoms. The highest BCUT2D eigenvalue weighted by atomic mass is 32.2. The van der Waals surface area contributed by atoms with Gasteiger partial charge >= 0.3 is 0 Å². The molecule has 0 aliphatic carbocycles. The first-order valence-electron chi connectivity index (χ1n) is 10.9. The third-order valence-corrected chi connectivity index (χ3v) is 7.83. The highest BCUT2D eigenvalue weighted by molar-refractivity contribution is 7.89. The third kappa shape index (κ3) is 5.55. The molecule has 1 fully saturated rings. The zero-order valence-corrected chi connectivity index (χ0v) is 19.6. The maximum Gasteiger partial charge on any atom is 0.251 e. The lowest BCUT2D eigenvalue weighted by Crippen LogP contribution is -2.49. The Morgan fingerprint density at radius 2 is 1.62 bits per heavy atom. The van der Waals surface area contributed by atoms with Gasteiger partial charge in [-0.2, -0.15) is 4.31 Å². The Labute approximate surface area is 190 Å². The summed E-state index contributed by atoms with van der Waals surface area (Å²) in [5.74, 6) is 0.128. The third-order valence-electron chi connectivity index (χ3n) is 5.93. The van der Waals surface area contributed by atoms with Crippen LogP contribution in [0.15, 0.2) is 59.5 Å². The number of carbonyl (C=O) groups is 2. The summed E-state index contributed by atoms with van der Waals surface area (Å²) in [4.78, 5) is 26.0. The molecule has 0 bridgehead atoms. The zero-order valence-electron chi connectivity index (χ0n) is 18.8. The summed E-state index contributed by atoms with van der Waals surface area (Å²) in [6.07, 6.45) is 0. The SMILES string of the molecule is CC(=O)N1CCN(S(=O)(=O)c2cccc(C(=O)NCC(c3ccccc3)C(C)C)c2)CC1. The molecule has 1 aliphatic heterocycles. The lowest BCUT2D eigenvalue weighted by atomic mass is 9.88.